The van der Waals surface area contributed by atoms with Gasteiger partial charge in [0.2, 0.25) is 18.6 Å². The van der Waals surface area contributed by atoms with Crippen molar-refractivity contribution in [3.8, 4) is 11.5 Å². The first-order valence-corrected chi connectivity index (χ1v) is 12.6. The molecule has 36 heavy (non-hydrogen) atoms. The van der Waals surface area contributed by atoms with Crippen molar-refractivity contribution >= 4 is 29.3 Å². The van der Waals surface area contributed by atoms with Crippen LogP contribution in [0.25, 0.3) is 0 Å². The van der Waals surface area contributed by atoms with Gasteiger partial charge in [-0.1, -0.05) is 41.6 Å². The standard InChI is InChI=1S/C27H30N4O4S/c1-17-6-8-20(9-7-17)14-31(24(32)15-36-26-28-18(2)12-19(3)29-26)27(4,5)25(33)30-21-10-11-22-23(13-21)35-16-34-22/h6-13H,14-16H2,1-5H3,(H,30,33). The number of fused-ring (bicyclic) bond motifs is 1. The first-order chi connectivity index (χ1) is 17.1. The van der Waals surface area contributed by atoms with Crippen LogP contribution in [0, 0.1) is 20.8 Å². The number of ether oxygens (including phenoxy) is 2. The number of rotatable bonds is 8. The second kappa shape index (κ2) is 10.6. The summed E-state index contributed by atoms with van der Waals surface area (Å²) in [5, 5.41) is 3.47. The van der Waals surface area contributed by atoms with Crippen LogP contribution in [0.5, 0.6) is 11.5 Å². The van der Waals surface area contributed by atoms with Crippen molar-refractivity contribution in [2.75, 3.05) is 17.9 Å². The van der Waals surface area contributed by atoms with Gasteiger partial charge >= 0.3 is 0 Å². The Hall–Kier alpha value is -3.59. The van der Waals surface area contributed by atoms with E-state index in [0.717, 1.165) is 22.5 Å². The Balaban J connectivity index is 1.55. The van der Waals surface area contributed by atoms with Gasteiger partial charge in [-0.15, -0.1) is 0 Å². The summed E-state index contributed by atoms with van der Waals surface area (Å²) in [5.41, 5.74) is 3.17. The summed E-state index contributed by atoms with van der Waals surface area (Å²) >= 11 is 1.27. The average Bonchev–Trinajstić information content (AvgIpc) is 3.29. The minimum Gasteiger partial charge on any atom is -0.454 e. The Morgan fingerprint density at radius 1 is 0.972 bits per heavy atom. The molecule has 0 unspecified atom stereocenters. The summed E-state index contributed by atoms with van der Waals surface area (Å²) in [6.07, 6.45) is 0. The molecule has 1 N–H and O–H groups in total. The number of nitrogens with one attached hydrogen (secondary N) is 1. The van der Waals surface area contributed by atoms with Crippen LogP contribution in [0.2, 0.25) is 0 Å². The molecule has 2 heterocycles. The molecular weight excluding hydrogens is 476 g/mol. The Morgan fingerprint density at radius 2 is 1.64 bits per heavy atom. The summed E-state index contributed by atoms with van der Waals surface area (Å²) in [5.74, 6) is 0.816. The smallest absolute Gasteiger partial charge is 0.249 e. The van der Waals surface area contributed by atoms with Crippen molar-refractivity contribution in [1.29, 1.82) is 0 Å². The highest BCUT2D eigenvalue weighted by molar-refractivity contribution is 7.99. The van der Waals surface area contributed by atoms with Crippen molar-refractivity contribution < 1.29 is 19.1 Å². The number of carbonyl (C=O) groups excluding carboxylic acids is 2. The highest BCUT2D eigenvalue weighted by Gasteiger charge is 2.38. The number of benzene rings is 2. The zero-order chi connectivity index (χ0) is 25.9. The van der Waals surface area contributed by atoms with E-state index < -0.39 is 5.54 Å². The fraction of sp³-hybridized carbons (Fsp3) is 0.333. The molecule has 0 saturated heterocycles. The van der Waals surface area contributed by atoms with Crippen LogP contribution in [0.15, 0.2) is 53.7 Å². The van der Waals surface area contributed by atoms with Crippen LogP contribution in [-0.2, 0) is 16.1 Å². The molecule has 0 spiro atoms. The van der Waals surface area contributed by atoms with Gasteiger partial charge < -0.3 is 19.7 Å². The van der Waals surface area contributed by atoms with Crippen LogP contribution in [-0.4, -0.2) is 44.8 Å². The Bertz CT molecular complexity index is 1260. The predicted octanol–water partition coefficient (Wildman–Crippen LogP) is 4.67. The molecule has 8 nitrogen and oxygen atoms in total. The van der Waals surface area contributed by atoms with Gasteiger partial charge in [-0.25, -0.2) is 9.97 Å². The number of thioether (sulfide) groups is 1. The highest BCUT2D eigenvalue weighted by Crippen LogP contribution is 2.34. The molecule has 3 aromatic rings. The molecule has 4 rings (SSSR count). The van der Waals surface area contributed by atoms with Gasteiger partial charge in [0.1, 0.15) is 5.54 Å². The molecule has 1 aliphatic heterocycles. The Kier molecular flexibility index (Phi) is 7.49. The number of carbonyl (C=O) groups is 2. The zero-order valence-electron chi connectivity index (χ0n) is 21.1. The second-order valence-electron chi connectivity index (χ2n) is 9.27. The summed E-state index contributed by atoms with van der Waals surface area (Å²) in [6.45, 7) is 9.74. The van der Waals surface area contributed by atoms with Gasteiger partial charge in [-0.05, 0) is 58.4 Å². The average molecular weight is 507 g/mol. The van der Waals surface area contributed by atoms with Crippen molar-refractivity contribution in [3.63, 3.8) is 0 Å². The van der Waals surface area contributed by atoms with E-state index in [4.69, 9.17) is 9.47 Å². The van der Waals surface area contributed by atoms with Crippen molar-refractivity contribution in [2.24, 2.45) is 0 Å². The molecule has 0 bridgehead atoms. The normalized spacial score (nSPS) is 12.4. The first-order valence-electron chi connectivity index (χ1n) is 11.6. The van der Waals surface area contributed by atoms with Crippen molar-refractivity contribution in [3.05, 3.63) is 71.0 Å². The zero-order valence-corrected chi connectivity index (χ0v) is 21.9. The summed E-state index contributed by atoms with van der Waals surface area (Å²) in [6, 6.07) is 15.0. The Morgan fingerprint density at radius 3 is 2.33 bits per heavy atom. The second-order valence-corrected chi connectivity index (χ2v) is 10.2. The molecule has 1 aliphatic rings. The predicted molar refractivity (Wildman–Crippen MR) is 139 cm³/mol. The number of nitrogens with zero attached hydrogens (tertiary/aromatic N) is 3. The largest absolute Gasteiger partial charge is 0.454 e. The van der Waals surface area contributed by atoms with E-state index in [-0.39, 0.29) is 30.9 Å². The lowest BCUT2D eigenvalue weighted by atomic mass is 9.99. The third-order valence-electron chi connectivity index (χ3n) is 5.91. The number of aryl methyl sites for hydroxylation is 3. The highest BCUT2D eigenvalue weighted by atomic mass is 32.2. The maximum Gasteiger partial charge on any atom is 0.249 e. The van der Waals surface area contributed by atoms with Crippen LogP contribution in [0.3, 0.4) is 0 Å². The molecule has 1 aromatic heterocycles. The van der Waals surface area contributed by atoms with Gasteiger partial charge in [0.15, 0.2) is 16.7 Å². The van der Waals surface area contributed by atoms with E-state index in [1.54, 1.807) is 36.9 Å². The number of hydrogen-bond acceptors (Lipinski definition) is 7. The topological polar surface area (TPSA) is 93.7 Å². The maximum atomic E-state index is 13.5. The lowest BCUT2D eigenvalue weighted by Crippen LogP contribution is -2.55. The van der Waals surface area contributed by atoms with Gasteiger partial charge in [0, 0.05) is 29.7 Å². The summed E-state index contributed by atoms with van der Waals surface area (Å²) < 4.78 is 10.8. The van der Waals surface area contributed by atoms with Gasteiger partial charge in [0.25, 0.3) is 0 Å². The molecule has 0 saturated carbocycles. The Labute approximate surface area is 215 Å². The SMILES string of the molecule is Cc1ccc(CN(C(=O)CSc2nc(C)cc(C)n2)C(C)(C)C(=O)Nc2ccc3c(c2)OCO3)cc1. The van der Waals surface area contributed by atoms with E-state index in [0.29, 0.717) is 22.3 Å². The van der Waals surface area contributed by atoms with Crippen LogP contribution < -0.4 is 14.8 Å². The van der Waals surface area contributed by atoms with E-state index >= 15 is 0 Å². The van der Waals surface area contributed by atoms with Crippen LogP contribution >= 0.6 is 11.8 Å². The van der Waals surface area contributed by atoms with E-state index in [2.05, 4.69) is 15.3 Å². The minimum absolute atomic E-state index is 0.107. The molecule has 0 aliphatic carbocycles. The number of anilines is 1. The lowest BCUT2D eigenvalue weighted by Gasteiger charge is -2.37. The molecule has 9 heteroatoms. The molecule has 2 amide bonds. The quantitative estimate of drug-likeness (QED) is 0.351. The van der Waals surface area contributed by atoms with Crippen LogP contribution in [0.4, 0.5) is 5.69 Å². The molecular formula is C27H30N4O4S. The lowest BCUT2D eigenvalue weighted by molar-refractivity contribution is -0.142. The molecule has 0 fully saturated rings. The maximum absolute atomic E-state index is 13.5. The monoisotopic (exact) mass is 506 g/mol. The van der Waals surface area contributed by atoms with E-state index in [1.165, 1.54) is 11.8 Å². The molecule has 0 radical (unpaired) electrons. The van der Waals surface area contributed by atoms with Crippen molar-refractivity contribution in [2.45, 2.75) is 51.9 Å². The van der Waals surface area contributed by atoms with Crippen molar-refractivity contribution in [1.82, 2.24) is 14.9 Å². The molecule has 188 valence electrons. The van der Waals surface area contributed by atoms with Gasteiger partial charge in [-0.2, -0.15) is 0 Å². The third kappa shape index (κ3) is 5.96. The van der Waals surface area contributed by atoms with Gasteiger partial charge in [0.05, 0.1) is 5.75 Å². The summed E-state index contributed by atoms with van der Waals surface area (Å²) in [4.78, 5) is 37.5. The third-order valence-corrected chi connectivity index (χ3v) is 6.74. The van der Waals surface area contributed by atoms with Crippen LogP contribution in [0.1, 0.15) is 36.4 Å². The summed E-state index contributed by atoms with van der Waals surface area (Å²) in [7, 11) is 0. The van der Waals surface area contributed by atoms with Gasteiger partial charge in [-0.3, -0.25) is 9.59 Å². The number of hydrogen-bond donors (Lipinski definition) is 1. The fourth-order valence-electron chi connectivity index (χ4n) is 3.82. The van der Waals surface area contributed by atoms with E-state index in [1.807, 2.05) is 51.1 Å². The first kappa shape index (κ1) is 25.5. The van der Waals surface area contributed by atoms with E-state index in [9.17, 15) is 9.59 Å². The minimum atomic E-state index is -1.15. The number of aromatic nitrogens is 2. The fourth-order valence-corrected chi connectivity index (χ4v) is 4.64. The molecule has 0 atom stereocenters. The molecule has 2 aromatic carbocycles. The number of amides is 2.